The van der Waals surface area contributed by atoms with Gasteiger partial charge in [0.2, 0.25) is 0 Å². The minimum Gasteiger partial charge on any atom is -0.454 e. The number of carbonyl (C=O) groups is 3. The molecule has 0 fully saturated rings. The molecule has 0 heterocycles. The average Bonchev–Trinajstić information content (AvgIpc) is 2.71. The number of aryl methyl sites for hydroxylation is 1. The molecule has 1 atom stereocenters. The molecular formula is C23H25N3O4. The Morgan fingerprint density at radius 2 is 1.83 bits per heavy atom. The van der Waals surface area contributed by atoms with Gasteiger partial charge in [-0.25, -0.2) is 4.79 Å². The maximum absolute atomic E-state index is 12.6. The normalized spacial score (nSPS) is 11.3. The van der Waals surface area contributed by atoms with Gasteiger partial charge in [-0.3, -0.25) is 9.59 Å². The maximum atomic E-state index is 12.6. The van der Waals surface area contributed by atoms with Crippen LogP contribution in [0.2, 0.25) is 0 Å². The second kappa shape index (κ2) is 10.8. The topological polar surface area (TPSA) is 108 Å². The highest BCUT2D eigenvalue weighted by molar-refractivity contribution is 5.98. The second-order valence-corrected chi connectivity index (χ2v) is 7.32. The van der Waals surface area contributed by atoms with Crippen molar-refractivity contribution in [1.29, 1.82) is 5.26 Å². The Kier molecular flexibility index (Phi) is 8.12. The van der Waals surface area contributed by atoms with Crippen LogP contribution in [0.5, 0.6) is 0 Å². The van der Waals surface area contributed by atoms with Gasteiger partial charge in [-0.05, 0) is 49.1 Å². The van der Waals surface area contributed by atoms with Crippen LogP contribution in [-0.4, -0.2) is 30.4 Å². The van der Waals surface area contributed by atoms with Crippen molar-refractivity contribution >= 4 is 23.5 Å². The van der Waals surface area contributed by atoms with Crippen LogP contribution < -0.4 is 10.6 Å². The summed E-state index contributed by atoms with van der Waals surface area (Å²) in [6.45, 7) is 5.17. The lowest BCUT2D eigenvalue weighted by Gasteiger charge is -2.20. The summed E-state index contributed by atoms with van der Waals surface area (Å²) in [6, 6.07) is 14.6. The van der Waals surface area contributed by atoms with Crippen molar-refractivity contribution in [1.82, 2.24) is 5.32 Å². The Morgan fingerprint density at radius 3 is 2.50 bits per heavy atom. The van der Waals surface area contributed by atoms with Crippen LogP contribution in [0.25, 0.3) is 0 Å². The maximum Gasteiger partial charge on any atom is 0.329 e. The number of rotatable bonds is 8. The molecule has 0 aromatic heterocycles. The molecule has 0 unspecified atom stereocenters. The summed E-state index contributed by atoms with van der Waals surface area (Å²) in [5.74, 6) is -1.45. The average molecular weight is 407 g/mol. The van der Waals surface area contributed by atoms with Crippen LogP contribution in [0, 0.1) is 24.2 Å². The van der Waals surface area contributed by atoms with E-state index >= 15 is 0 Å². The van der Waals surface area contributed by atoms with Crippen molar-refractivity contribution in [3.63, 3.8) is 0 Å². The van der Waals surface area contributed by atoms with Crippen molar-refractivity contribution in [3.8, 4) is 6.07 Å². The molecular weight excluding hydrogens is 382 g/mol. The zero-order valence-corrected chi connectivity index (χ0v) is 17.3. The zero-order valence-electron chi connectivity index (χ0n) is 17.3. The first kappa shape index (κ1) is 22.6. The minimum absolute atomic E-state index is 0.127. The molecule has 7 heteroatoms. The highest BCUT2D eigenvalue weighted by Crippen LogP contribution is 2.12. The first-order valence-electron chi connectivity index (χ1n) is 9.63. The number of hydrogen-bond donors (Lipinski definition) is 2. The van der Waals surface area contributed by atoms with Crippen LogP contribution >= 0.6 is 0 Å². The third-order valence-corrected chi connectivity index (χ3v) is 4.31. The zero-order chi connectivity index (χ0) is 22.1. The summed E-state index contributed by atoms with van der Waals surface area (Å²) < 4.78 is 5.13. The number of anilines is 1. The van der Waals surface area contributed by atoms with Gasteiger partial charge in [0.25, 0.3) is 11.8 Å². The van der Waals surface area contributed by atoms with E-state index < -0.39 is 24.5 Å². The number of carbonyl (C=O) groups excluding carboxylic acids is 3. The lowest BCUT2D eigenvalue weighted by Crippen LogP contribution is -2.43. The summed E-state index contributed by atoms with van der Waals surface area (Å²) in [5.41, 5.74) is 2.11. The third-order valence-electron chi connectivity index (χ3n) is 4.31. The summed E-state index contributed by atoms with van der Waals surface area (Å²) in [5, 5.41) is 14.2. The minimum atomic E-state index is -0.869. The SMILES string of the molecule is Cc1ccccc1C(=O)N[C@H](CC(C)C)C(=O)OCC(=O)Nc1cccc(C#N)c1. The van der Waals surface area contributed by atoms with Gasteiger partial charge in [-0.2, -0.15) is 5.26 Å². The standard InChI is InChI=1S/C23H25N3O4/c1-15(2)11-20(26-22(28)19-10-5-4-7-16(19)3)23(29)30-14-21(27)25-18-9-6-8-17(12-18)13-24/h4-10,12,15,20H,11,14H2,1-3H3,(H,25,27)(H,26,28)/t20-/m1/s1. The molecule has 156 valence electrons. The molecule has 0 aliphatic heterocycles. The van der Waals surface area contributed by atoms with Crippen molar-refractivity contribution in [2.45, 2.75) is 33.2 Å². The van der Waals surface area contributed by atoms with E-state index in [9.17, 15) is 14.4 Å². The van der Waals surface area contributed by atoms with Gasteiger partial charge in [-0.1, -0.05) is 38.1 Å². The molecule has 30 heavy (non-hydrogen) atoms. The second-order valence-electron chi connectivity index (χ2n) is 7.32. The van der Waals surface area contributed by atoms with Crippen molar-refractivity contribution < 1.29 is 19.1 Å². The van der Waals surface area contributed by atoms with E-state index in [4.69, 9.17) is 10.00 Å². The number of esters is 1. The van der Waals surface area contributed by atoms with Crippen molar-refractivity contribution in [3.05, 3.63) is 65.2 Å². The van der Waals surface area contributed by atoms with Gasteiger partial charge in [0, 0.05) is 11.3 Å². The Hall–Kier alpha value is -3.66. The number of nitrogens with one attached hydrogen (secondary N) is 2. The number of hydrogen-bond acceptors (Lipinski definition) is 5. The monoisotopic (exact) mass is 407 g/mol. The van der Waals surface area contributed by atoms with Crippen molar-refractivity contribution in [2.75, 3.05) is 11.9 Å². The van der Waals surface area contributed by atoms with Crippen LogP contribution in [0.3, 0.4) is 0 Å². The van der Waals surface area contributed by atoms with Crippen LogP contribution in [-0.2, 0) is 14.3 Å². The van der Waals surface area contributed by atoms with Gasteiger partial charge < -0.3 is 15.4 Å². The van der Waals surface area contributed by atoms with E-state index in [1.54, 1.807) is 30.3 Å². The number of nitriles is 1. The largest absolute Gasteiger partial charge is 0.454 e. The highest BCUT2D eigenvalue weighted by atomic mass is 16.5. The fraction of sp³-hybridized carbons (Fsp3) is 0.304. The molecule has 0 saturated carbocycles. The lowest BCUT2D eigenvalue weighted by atomic mass is 10.0. The van der Waals surface area contributed by atoms with Gasteiger partial charge in [0.05, 0.1) is 11.6 Å². The van der Waals surface area contributed by atoms with E-state index in [2.05, 4.69) is 10.6 Å². The molecule has 2 amide bonds. The lowest BCUT2D eigenvalue weighted by molar-refractivity contribution is -0.149. The van der Waals surface area contributed by atoms with Crippen LogP contribution in [0.15, 0.2) is 48.5 Å². The van der Waals surface area contributed by atoms with E-state index in [0.717, 1.165) is 5.56 Å². The fourth-order valence-electron chi connectivity index (χ4n) is 2.85. The van der Waals surface area contributed by atoms with E-state index in [1.165, 1.54) is 6.07 Å². The van der Waals surface area contributed by atoms with E-state index in [1.807, 2.05) is 39.0 Å². The molecule has 2 aromatic rings. The first-order chi connectivity index (χ1) is 14.3. The summed E-state index contributed by atoms with van der Waals surface area (Å²) in [7, 11) is 0. The fourth-order valence-corrected chi connectivity index (χ4v) is 2.85. The van der Waals surface area contributed by atoms with Gasteiger partial charge in [-0.15, -0.1) is 0 Å². The van der Waals surface area contributed by atoms with Crippen LogP contribution in [0.1, 0.15) is 41.8 Å². The molecule has 2 N–H and O–H groups in total. The molecule has 2 aromatic carbocycles. The molecule has 0 aliphatic rings. The van der Waals surface area contributed by atoms with Gasteiger partial charge in [0.1, 0.15) is 6.04 Å². The summed E-state index contributed by atoms with van der Waals surface area (Å²) >= 11 is 0. The first-order valence-corrected chi connectivity index (χ1v) is 9.63. The molecule has 0 bridgehead atoms. The van der Waals surface area contributed by atoms with E-state index in [-0.39, 0.29) is 11.8 Å². The number of nitrogens with zero attached hydrogens (tertiary/aromatic N) is 1. The highest BCUT2D eigenvalue weighted by Gasteiger charge is 2.25. The Balaban J connectivity index is 1.97. The number of benzene rings is 2. The molecule has 0 radical (unpaired) electrons. The third kappa shape index (κ3) is 6.74. The number of ether oxygens (including phenoxy) is 1. The van der Waals surface area contributed by atoms with Gasteiger partial charge in [0.15, 0.2) is 6.61 Å². The summed E-state index contributed by atoms with van der Waals surface area (Å²) in [4.78, 5) is 37.2. The number of amides is 2. The predicted octanol–water partition coefficient (Wildman–Crippen LogP) is 3.19. The Labute approximate surface area is 176 Å². The molecule has 0 saturated heterocycles. The Morgan fingerprint density at radius 1 is 1.10 bits per heavy atom. The smallest absolute Gasteiger partial charge is 0.329 e. The molecule has 7 nitrogen and oxygen atoms in total. The van der Waals surface area contributed by atoms with Crippen LogP contribution in [0.4, 0.5) is 5.69 Å². The molecule has 0 aliphatic carbocycles. The Bertz CT molecular complexity index is 963. The molecule has 2 rings (SSSR count). The quantitative estimate of drug-likeness (QED) is 0.653. The summed E-state index contributed by atoms with van der Waals surface area (Å²) in [6.07, 6.45) is 0.377. The van der Waals surface area contributed by atoms with E-state index in [0.29, 0.717) is 23.2 Å². The predicted molar refractivity (Wildman–Crippen MR) is 113 cm³/mol. The molecule has 0 spiro atoms. The van der Waals surface area contributed by atoms with Gasteiger partial charge >= 0.3 is 5.97 Å². The van der Waals surface area contributed by atoms with Crippen molar-refractivity contribution in [2.24, 2.45) is 5.92 Å².